The number of thiol groups is 1. The number of carbonyl (C=O) groups excluding carboxylic acids is 2. The lowest BCUT2D eigenvalue weighted by atomic mass is 10.2. The van der Waals surface area contributed by atoms with Crippen LogP contribution in [0, 0.1) is 11.6 Å². The van der Waals surface area contributed by atoms with E-state index in [9.17, 15) is 18.4 Å². The lowest BCUT2D eigenvalue weighted by Gasteiger charge is -2.19. The van der Waals surface area contributed by atoms with E-state index in [-0.39, 0.29) is 5.02 Å². The molecule has 3 amide bonds. The molecule has 0 aliphatic carbocycles. The minimum Gasteiger partial charge on any atom is -0.495 e. The Morgan fingerprint density at radius 3 is 2.27 bits per heavy atom. The number of halogens is 3. The molecule has 33 heavy (non-hydrogen) atoms. The van der Waals surface area contributed by atoms with E-state index in [1.54, 1.807) is 0 Å². The van der Waals surface area contributed by atoms with Gasteiger partial charge in [0.2, 0.25) is 0 Å². The third kappa shape index (κ3) is 5.47. The molecule has 0 fully saturated rings. The number of benzene rings is 3. The van der Waals surface area contributed by atoms with E-state index in [1.807, 2.05) is 0 Å². The molecule has 172 valence electrons. The molecule has 0 aromatic heterocycles. The molecule has 0 unspecified atom stereocenters. The van der Waals surface area contributed by atoms with Crippen LogP contribution in [0.3, 0.4) is 0 Å². The van der Waals surface area contributed by atoms with Crippen LogP contribution in [-0.2, 0) is 0 Å². The molecule has 7 nitrogen and oxygen atoms in total. The standard InChI is InChI=1S/C22H18ClF2N3O4S/c1-31-18-11-19(32-2)17(10-15(18)23)27-22(30)28(33)13-8-6-12(7-9-13)26-21(29)14-4-3-5-16(24)20(14)25/h3-11,33H,1-2H3,(H,26,29)(H,27,30). The first-order valence-electron chi connectivity index (χ1n) is 9.32. The second kappa shape index (κ2) is 10.4. The van der Waals surface area contributed by atoms with E-state index < -0.39 is 29.1 Å². The van der Waals surface area contributed by atoms with Crippen LogP contribution in [0.1, 0.15) is 10.4 Å². The molecule has 3 rings (SSSR count). The molecular weight excluding hydrogens is 476 g/mol. The van der Waals surface area contributed by atoms with Crippen LogP contribution in [0.2, 0.25) is 5.02 Å². The number of hydrogen-bond donors (Lipinski definition) is 3. The van der Waals surface area contributed by atoms with Gasteiger partial charge in [0.25, 0.3) is 5.91 Å². The van der Waals surface area contributed by atoms with Gasteiger partial charge in [-0.25, -0.2) is 17.9 Å². The Morgan fingerprint density at radius 1 is 0.970 bits per heavy atom. The van der Waals surface area contributed by atoms with Crippen molar-refractivity contribution >= 4 is 53.4 Å². The van der Waals surface area contributed by atoms with Crippen molar-refractivity contribution in [1.82, 2.24) is 0 Å². The summed E-state index contributed by atoms with van der Waals surface area (Å²) in [6.07, 6.45) is 0. The van der Waals surface area contributed by atoms with Crippen molar-refractivity contribution in [3.63, 3.8) is 0 Å². The molecule has 0 aliphatic heterocycles. The molecule has 11 heteroatoms. The van der Waals surface area contributed by atoms with Crippen LogP contribution < -0.4 is 24.4 Å². The second-order valence-electron chi connectivity index (χ2n) is 6.53. The van der Waals surface area contributed by atoms with Crippen LogP contribution >= 0.6 is 24.4 Å². The average Bonchev–Trinajstić information content (AvgIpc) is 2.81. The van der Waals surface area contributed by atoms with Crippen LogP contribution in [0.15, 0.2) is 54.6 Å². The molecule has 0 saturated carbocycles. The summed E-state index contributed by atoms with van der Waals surface area (Å²) in [6, 6.07) is 11.7. The zero-order chi connectivity index (χ0) is 24.1. The summed E-state index contributed by atoms with van der Waals surface area (Å²) in [5.74, 6) is -2.47. The van der Waals surface area contributed by atoms with Gasteiger partial charge >= 0.3 is 6.03 Å². The average molecular weight is 494 g/mol. The van der Waals surface area contributed by atoms with E-state index >= 15 is 0 Å². The first-order valence-corrected chi connectivity index (χ1v) is 10.1. The summed E-state index contributed by atoms with van der Waals surface area (Å²) < 4.78 is 38.5. The largest absolute Gasteiger partial charge is 0.495 e. The molecule has 0 radical (unpaired) electrons. The predicted octanol–water partition coefficient (Wildman–Crippen LogP) is 5.77. The molecule has 3 aromatic carbocycles. The summed E-state index contributed by atoms with van der Waals surface area (Å²) in [4.78, 5) is 24.8. The highest BCUT2D eigenvalue weighted by atomic mass is 35.5. The van der Waals surface area contributed by atoms with Gasteiger partial charge in [0.1, 0.15) is 11.5 Å². The number of carbonyl (C=O) groups is 2. The normalized spacial score (nSPS) is 10.4. The van der Waals surface area contributed by atoms with Gasteiger partial charge in [0.15, 0.2) is 11.6 Å². The Balaban J connectivity index is 1.70. The monoisotopic (exact) mass is 493 g/mol. The molecule has 0 atom stereocenters. The highest BCUT2D eigenvalue weighted by molar-refractivity contribution is 7.82. The van der Waals surface area contributed by atoms with E-state index in [0.29, 0.717) is 28.6 Å². The highest BCUT2D eigenvalue weighted by Gasteiger charge is 2.18. The predicted molar refractivity (Wildman–Crippen MR) is 126 cm³/mol. The first kappa shape index (κ1) is 24.1. The second-order valence-corrected chi connectivity index (χ2v) is 7.34. The maximum absolute atomic E-state index is 13.8. The van der Waals surface area contributed by atoms with Gasteiger partial charge in [-0.05, 0) is 42.5 Å². The fourth-order valence-electron chi connectivity index (χ4n) is 2.81. The van der Waals surface area contributed by atoms with Crippen molar-refractivity contribution in [1.29, 1.82) is 0 Å². The minimum absolute atomic E-state index is 0.272. The number of rotatable bonds is 6. The number of nitrogens with one attached hydrogen (secondary N) is 2. The van der Waals surface area contributed by atoms with Crippen molar-refractivity contribution in [3.05, 3.63) is 76.8 Å². The molecule has 0 bridgehead atoms. The SMILES string of the molecule is COc1cc(OC)c(NC(=O)N(S)c2ccc(NC(=O)c3cccc(F)c3F)cc2)cc1Cl. The van der Waals surface area contributed by atoms with E-state index in [4.69, 9.17) is 21.1 Å². The molecule has 0 heterocycles. The number of nitrogens with zero attached hydrogens (tertiary/aromatic N) is 1. The maximum atomic E-state index is 13.8. The summed E-state index contributed by atoms with van der Waals surface area (Å²) >= 11 is 10.3. The Kier molecular flexibility index (Phi) is 7.62. The lowest BCUT2D eigenvalue weighted by molar-refractivity contribution is 0.102. The van der Waals surface area contributed by atoms with Crippen molar-refractivity contribution < 1.29 is 27.8 Å². The number of methoxy groups -OCH3 is 2. The zero-order valence-corrected chi connectivity index (χ0v) is 19.0. The van der Waals surface area contributed by atoms with E-state index in [1.165, 1.54) is 62.8 Å². The number of hydrogen-bond acceptors (Lipinski definition) is 5. The number of amides is 3. The molecule has 0 spiro atoms. The first-order chi connectivity index (χ1) is 15.7. The molecule has 3 aromatic rings. The van der Waals surface area contributed by atoms with Crippen LogP contribution in [0.25, 0.3) is 0 Å². The summed E-state index contributed by atoms with van der Waals surface area (Å²) in [5, 5.41) is 5.36. The van der Waals surface area contributed by atoms with Crippen molar-refractivity contribution in [2.24, 2.45) is 0 Å². The maximum Gasteiger partial charge on any atom is 0.336 e. The Bertz CT molecular complexity index is 1200. The van der Waals surface area contributed by atoms with Gasteiger partial charge in [-0.2, -0.15) is 0 Å². The number of anilines is 3. The summed E-state index contributed by atoms with van der Waals surface area (Å²) in [6.45, 7) is 0. The van der Waals surface area contributed by atoms with Crippen molar-refractivity contribution in [3.8, 4) is 11.5 Å². The Morgan fingerprint density at radius 2 is 1.64 bits per heavy atom. The quantitative estimate of drug-likeness (QED) is 0.381. The topological polar surface area (TPSA) is 79.9 Å². The molecule has 0 aliphatic rings. The van der Waals surface area contributed by atoms with Crippen molar-refractivity contribution in [2.75, 3.05) is 29.2 Å². The third-order valence-corrected chi connectivity index (χ3v) is 5.18. The fraction of sp³-hybridized carbons (Fsp3) is 0.0909. The van der Waals surface area contributed by atoms with Crippen LogP contribution in [0.5, 0.6) is 11.5 Å². The smallest absolute Gasteiger partial charge is 0.336 e. The lowest BCUT2D eigenvalue weighted by Crippen LogP contribution is -2.27. The molecule has 2 N–H and O–H groups in total. The van der Waals surface area contributed by atoms with Gasteiger partial charge < -0.3 is 20.1 Å². The van der Waals surface area contributed by atoms with Gasteiger partial charge in [0.05, 0.1) is 36.2 Å². The number of ether oxygens (including phenoxy) is 2. The van der Waals surface area contributed by atoms with Gasteiger partial charge in [0, 0.05) is 11.8 Å². The molecule has 0 saturated heterocycles. The fourth-order valence-corrected chi connectivity index (χ4v) is 3.23. The Labute approximate surface area is 198 Å². The summed E-state index contributed by atoms with van der Waals surface area (Å²) in [7, 11) is 2.88. The van der Waals surface area contributed by atoms with Crippen LogP contribution in [-0.4, -0.2) is 26.2 Å². The van der Waals surface area contributed by atoms with Gasteiger partial charge in [-0.1, -0.05) is 30.5 Å². The molecular formula is C22H18ClF2N3O4S. The van der Waals surface area contributed by atoms with E-state index in [0.717, 1.165) is 10.4 Å². The third-order valence-electron chi connectivity index (χ3n) is 4.47. The summed E-state index contributed by atoms with van der Waals surface area (Å²) in [5.41, 5.74) is 0.539. The van der Waals surface area contributed by atoms with Gasteiger partial charge in [-0.3, -0.25) is 4.79 Å². The zero-order valence-electron chi connectivity index (χ0n) is 17.4. The number of urea groups is 1. The van der Waals surface area contributed by atoms with E-state index in [2.05, 4.69) is 23.4 Å². The van der Waals surface area contributed by atoms with Crippen molar-refractivity contribution in [2.45, 2.75) is 0 Å². The highest BCUT2D eigenvalue weighted by Crippen LogP contribution is 2.36. The Hall–Kier alpha value is -3.50. The minimum atomic E-state index is -1.24. The van der Waals surface area contributed by atoms with Crippen LogP contribution in [0.4, 0.5) is 30.6 Å². The van der Waals surface area contributed by atoms with Gasteiger partial charge in [-0.15, -0.1) is 0 Å².